The number of ether oxygens (including phenoxy) is 1. The first-order chi connectivity index (χ1) is 12.6. The Hall–Kier alpha value is -2.15. The third-order valence-electron chi connectivity index (χ3n) is 5.14. The van der Waals surface area contributed by atoms with Crippen molar-refractivity contribution in [2.75, 3.05) is 39.4 Å². The van der Waals surface area contributed by atoms with Crippen LogP contribution in [0.15, 0.2) is 18.3 Å². The molecule has 0 spiro atoms. The molecule has 1 aromatic rings. The van der Waals surface area contributed by atoms with E-state index in [1.54, 1.807) is 6.20 Å². The molecule has 1 N–H and O–H groups in total. The molecule has 2 aliphatic heterocycles. The van der Waals surface area contributed by atoms with Crippen molar-refractivity contribution in [3.63, 3.8) is 0 Å². The fourth-order valence-corrected chi connectivity index (χ4v) is 3.70. The molecule has 3 amide bonds. The third kappa shape index (κ3) is 4.15. The van der Waals surface area contributed by atoms with Crippen LogP contribution in [0.25, 0.3) is 0 Å². The van der Waals surface area contributed by atoms with Crippen molar-refractivity contribution in [1.29, 1.82) is 0 Å². The standard InChI is InChI=1S/C19H28N4O3/c1-3-7-20-19(25)23-9-10-26-13-16-12-22(8-6-17(16)23)18(24)15-5-4-14(2)21-11-15/h4-5,11,16-17H,3,6-10,12-13H2,1-2H3,(H,20,25)/t16-,17-/m1/s1. The fraction of sp³-hybridized carbons (Fsp3) is 0.632. The maximum absolute atomic E-state index is 12.8. The number of aromatic nitrogens is 1. The summed E-state index contributed by atoms with van der Waals surface area (Å²) in [5.74, 6) is 0.142. The van der Waals surface area contributed by atoms with Crippen LogP contribution in [0.4, 0.5) is 4.79 Å². The topological polar surface area (TPSA) is 74.8 Å². The van der Waals surface area contributed by atoms with E-state index < -0.39 is 0 Å². The number of carbonyl (C=O) groups is 2. The summed E-state index contributed by atoms with van der Waals surface area (Å²) in [5, 5.41) is 2.97. The van der Waals surface area contributed by atoms with E-state index in [0.29, 0.717) is 45.0 Å². The Kier molecular flexibility index (Phi) is 6.08. The summed E-state index contributed by atoms with van der Waals surface area (Å²) in [6, 6.07) is 3.78. The molecule has 0 aliphatic carbocycles. The third-order valence-corrected chi connectivity index (χ3v) is 5.14. The summed E-state index contributed by atoms with van der Waals surface area (Å²) in [7, 11) is 0. The highest BCUT2D eigenvalue weighted by Crippen LogP contribution is 2.26. The number of nitrogens with one attached hydrogen (secondary N) is 1. The van der Waals surface area contributed by atoms with E-state index in [0.717, 1.165) is 18.5 Å². The number of hydrogen-bond donors (Lipinski definition) is 1. The average molecular weight is 360 g/mol. The lowest BCUT2D eigenvalue weighted by molar-refractivity contribution is 0.0431. The number of piperidine rings is 1. The Morgan fingerprint density at radius 1 is 1.35 bits per heavy atom. The van der Waals surface area contributed by atoms with E-state index in [4.69, 9.17) is 4.74 Å². The minimum absolute atomic E-state index is 0.00202. The minimum Gasteiger partial charge on any atom is -0.379 e. The normalized spacial score (nSPS) is 23.2. The number of likely N-dealkylation sites (tertiary alicyclic amines) is 1. The van der Waals surface area contributed by atoms with Crippen molar-refractivity contribution in [2.24, 2.45) is 5.92 Å². The number of hydrogen-bond acceptors (Lipinski definition) is 4. The molecule has 3 heterocycles. The van der Waals surface area contributed by atoms with E-state index in [-0.39, 0.29) is 23.9 Å². The average Bonchev–Trinajstić information content (AvgIpc) is 2.88. The molecule has 26 heavy (non-hydrogen) atoms. The number of nitrogens with zero attached hydrogens (tertiary/aromatic N) is 3. The Morgan fingerprint density at radius 3 is 2.92 bits per heavy atom. The highest BCUT2D eigenvalue weighted by atomic mass is 16.5. The van der Waals surface area contributed by atoms with Crippen LogP contribution in [0.5, 0.6) is 0 Å². The van der Waals surface area contributed by atoms with Crippen molar-refractivity contribution in [1.82, 2.24) is 20.1 Å². The van der Waals surface area contributed by atoms with Crippen molar-refractivity contribution >= 4 is 11.9 Å². The largest absolute Gasteiger partial charge is 0.379 e. The first kappa shape index (κ1) is 18.6. The molecule has 0 radical (unpaired) electrons. The van der Waals surface area contributed by atoms with Gasteiger partial charge in [-0.3, -0.25) is 9.78 Å². The Morgan fingerprint density at radius 2 is 2.19 bits per heavy atom. The molecule has 0 saturated carbocycles. The summed E-state index contributed by atoms with van der Waals surface area (Å²) in [4.78, 5) is 33.3. The molecule has 2 fully saturated rings. The number of rotatable bonds is 3. The van der Waals surface area contributed by atoms with Crippen LogP contribution in [0.2, 0.25) is 0 Å². The molecule has 2 saturated heterocycles. The van der Waals surface area contributed by atoms with Gasteiger partial charge in [-0.1, -0.05) is 6.92 Å². The van der Waals surface area contributed by atoms with E-state index >= 15 is 0 Å². The van der Waals surface area contributed by atoms with Crippen LogP contribution in [0, 0.1) is 12.8 Å². The zero-order chi connectivity index (χ0) is 18.5. The van der Waals surface area contributed by atoms with Gasteiger partial charge in [-0.05, 0) is 31.9 Å². The van der Waals surface area contributed by atoms with Gasteiger partial charge in [0, 0.05) is 50.0 Å². The summed E-state index contributed by atoms with van der Waals surface area (Å²) in [5.41, 5.74) is 1.51. The maximum atomic E-state index is 12.8. The summed E-state index contributed by atoms with van der Waals surface area (Å²) >= 11 is 0. The smallest absolute Gasteiger partial charge is 0.317 e. The molecule has 0 aromatic carbocycles. The van der Waals surface area contributed by atoms with Crippen molar-refractivity contribution < 1.29 is 14.3 Å². The lowest BCUT2D eigenvalue weighted by Gasteiger charge is -2.42. The van der Waals surface area contributed by atoms with Crippen molar-refractivity contribution in [3.05, 3.63) is 29.6 Å². The zero-order valence-corrected chi connectivity index (χ0v) is 15.6. The van der Waals surface area contributed by atoms with Crippen molar-refractivity contribution in [3.8, 4) is 0 Å². The number of urea groups is 1. The molecular formula is C19H28N4O3. The van der Waals surface area contributed by atoms with Crippen LogP contribution in [-0.2, 0) is 4.74 Å². The SMILES string of the molecule is CCCNC(=O)N1CCOC[C@H]2CN(C(=O)c3ccc(C)nc3)CC[C@H]21. The predicted octanol–water partition coefficient (Wildman–Crippen LogP) is 1.67. The molecule has 0 unspecified atom stereocenters. The lowest BCUT2D eigenvalue weighted by Crippen LogP contribution is -2.56. The maximum Gasteiger partial charge on any atom is 0.317 e. The summed E-state index contributed by atoms with van der Waals surface area (Å²) < 4.78 is 5.73. The minimum atomic E-state index is -0.0186. The summed E-state index contributed by atoms with van der Waals surface area (Å²) in [6.07, 6.45) is 3.33. The van der Waals surface area contributed by atoms with Gasteiger partial charge in [0.05, 0.1) is 18.8 Å². The monoisotopic (exact) mass is 360 g/mol. The van der Waals surface area contributed by atoms with Gasteiger partial charge < -0.3 is 19.9 Å². The van der Waals surface area contributed by atoms with Gasteiger partial charge in [-0.2, -0.15) is 0 Å². The second-order valence-corrected chi connectivity index (χ2v) is 7.06. The second kappa shape index (κ2) is 8.49. The van der Waals surface area contributed by atoms with E-state index in [9.17, 15) is 9.59 Å². The van der Waals surface area contributed by atoms with Crippen LogP contribution < -0.4 is 5.32 Å². The van der Waals surface area contributed by atoms with Gasteiger partial charge in [0.15, 0.2) is 0 Å². The number of aryl methyl sites for hydroxylation is 1. The fourth-order valence-electron chi connectivity index (χ4n) is 3.70. The first-order valence-electron chi connectivity index (χ1n) is 9.44. The first-order valence-corrected chi connectivity index (χ1v) is 9.44. The van der Waals surface area contributed by atoms with E-state index in [2.05, 4.69) is 10.3 Å². The van der Waals surface area contributed by atoms with Crippen LogP contribution in [0.3, 0.4) is 0 Å². The van der Waals surface area contributed by atoms with E-state index in [1.165, 1.54) is 0 Å². The van der Waals surface area contributed by atoms with Crippen LogP contribution in [0.1, 0.15) is 35.8 Å². The van der Waals surface area contributed by atoms with Crippen LogP contribution >= 0.6 is 0 Å². The number of carbonyl (C=O) groups excluding carboxylic acids is 2. The van der Waals surface area contributed by atoms with Crippen molar-refractivity contribution in [2.45, 2.75) is 32.7 Å². The Bertz CT molecular complexity index is 634. The highest BCUT2D eigenvalue weighted by molar-refractivity contribution is 5.94. The molecule has 7 nitrogen and oxygen atoms in total. The second-order valence-electron chi connectivity index (χ2n) is 7.06. The Labute approximate surface area is 154 Å². The number of fused-ring (bicyclic) bond motifs is 1. The van der Waals surface area contributed by atoms with Gasteiger partial charge in [0.25, 0.3) is 5.91 Å². The molecule has 2 atom stereocenters. The molecule has 3 rings (SSSR count). The van der Waals surface area contributed by atoms with Gasteiger partial charge in [0.1, 0.15) is 0 Å². The molecule has 2 aliphatic rings. The molecule has 1 aromatic heterocycles. The summed E-state index contributed by atoms with van der Waals surface area (Å²) in [6.45, 7) is 7.60. The molecule has 0 bridgehead atoms. The van der Waals surface area contributed by atoms with Gasteiger partial charge in [-0.25, -0.2) is 4.79 Å². The Balaban J connectivity index is 1.68. The van der Waals surface area contributed by atoms with Gasteiger partial charge in [-0.15, -0.1) is 0 Å². The molecular weight excluding hydrogens is 332 g/mol. The number of pyridine rings is 1. The predicted molar refractivity (Wildman–Crippen MR) is 98.0 cm³/mol. The number of amides is 3. The van der Waals surface area contributed by atoms with Gasteiger partial charge >= 0.3 is 6.03 Å². The highest BCUT2D eigenvalue weighted by Gasteiger charge is 2.38. The van der Waals surface area contributed by atoms with Gasteiger partial charge in [0.2, 0.25) is 0 Å². The molecule has 142 valence electrons. The van der Waals surface area contributed by atoms with Crippen LogP contribution in [-0.4, -0.2) is 72.2 Å². The van der Waals surface area contributed by atoms with E-state index in [1.807, 2.05) is 35.8 Å². The molecule has 7 heteroatoms. The quantitative estimate of drug-likeness (QED) is 0.890. The zero-order valence-electron chi connectivity index (χ0n) is 15.6. The lowest BCUT2D eigenvalue weighted by atomic mass is 9.91.